The molecule has 0 aromatic heterocycles. The van der Waals surface area contributed by atoms with Gasteiger partial charge in [-0.25, -0.2) is 4.79 Å². The Hall–Kier alpha value is -2.86. The second-order valence-corrected chi connectivity index (χ2v) is 6.65. The molecule has 0 amide bonds. The van der Waals surface area contributed by atoms with Gasteiger partial charge in [0.15, 0.2) is 0 Å². The van der Waals surface area contributed by atoms with E-state index in [4.69, 9.17) is 30.5 Å². The first kappa shape index (κ1) is 17.5. The summed E-state index contributed by atoms with van der Waals surface area (Å²) in [6.07, 6.45) is 0. The normalized spacial score (nSPS) is 17.6. The largest absolute Gasteiger partial charge is 0.497 e. The van der Waals surface area contributed by atoms with E-state index in [-0.39, 0.29) is 18.5 Å². The van der Waals surface area contributed by atoms with Gasteiger partial charge in [0.2, 0.25) is 0 Å². The lowest BCUT2D eigenvalue weighted by atomic mass is 9.81. The van der Waals surface area contributed by atoms with Crippen molar-refractivity contribution in [3.63, 3.8) is 0 Å². The number of esters is 1. The van der Waals surface area contributed by atoms with Crippen molar-refractivity contribution < 1.29 is 23.7 Å². The number of ether oxygens (including phenoxy) is 4. The van der Waals surface area contributed by atoms with E-state index in [0.29, 0.717) is 27.8 Å². The van der Waals surface area contributed by atoms with Crippen LogP contribution in [-0.2, 0) is 9.53 Å². The molecule has 2 aromatic rings. The Kier molecular flexibility index (Phi) is 4.36. The van der Waals surface area contributed by atoms with Crippen LogP contribution in [-0.4, -0.2) is 33.9 Å². The molecular formula is C20H18ClNO5. The van der Waals surface area contributed by atoms with E-state index in [2.05, 4.69) is 5.32 Å². The molecular weight excluding hydrogens is 370 g/mol. The van der Waals surface area contributed by atoms with Crippen molar-refractivity contribution in [1.29, 1.82) is 0 Å². The number of methoxy groups -OCH3 is 3. The Bertz CT molecular complexity index is 947. The minimum Gasteiger partial charge on any atom is -0.497 e. The fourth-order valence-electron chi connectivity index (χ4n) is 3.54. The van der Waals surface area contributed by atoms with Crippen LogP contribution in [0, 0.1) is 0 Å². The van der Waals surface area contributed by atoms with Crippen molar-refractivity contribution in [2.24, 2.45) is 0 Å². The number of hydrogen-bond donors (Lipinski definition) is 1. The van der Waals surface area contributed by atoms with Crippen LogP contribution < -0.4 is 19.5 Å². The van der Waals surface area contributed by atoms with Crippen molar-refractivity contribution in [1.82, 2.24) is 0 Å². The van der Waals surface area contributed by atoms with Gasteiger partial charge >= 0.3 is 5.97 Å². The lowest BCUT2D eigenvalue weighted by Gasteiger charge is -2.28. The molecule has 1 unspecified atom stereocenters. The maximum Gasteiger partial charge on any atom is 0.337 e. The van der Waals surface area contributed by atoms with Gasteiger partial charge in [-0.15, -0.1) is 0 Å². The number of anilines is 1. The zero-order chi connectivity index (χ0) is 19.1. The average molecular weight is 388 g/mol. The van der Waals surface area contributed by atoms with Gasteiger partial charge in [0, 0.05) is 23.7 Å². The second kappa shape index (κ2) is 6.70. The van der Waals surface area contributed by atoms with Crippen LogP contribution in [0.5, 0.6) is 17.2 Å². The van der Waals surface area contributed by atoms with E-state index < -0.39 is 0 Å². The summed E-state index contributed by atoms with van der Waals surface area (Å²) in [5, 5.41) is 3.75. The molecule has 6 nitrogen and oxygen atoms in total. The molecule has 0 saturated heterocycles. The number of halogens is 1. The summed E-state index contributed by atoms with van der Waals surface area (Å²) >= 11 is 6.38. The number of nitrogens with one attached hydrogen (secondary N) is 1. The Labute approximate surface area is 161 Å². The van der Waals surface area contributed by atoms with Crippen molar-refractivity contribution in [3.05, 3.63) is 57.8 Å². The Morgan fingerprint density at radius 3 is 2.37 bits per heavy atom. The van der Waals surface area contributed by atoms with Crippen LogP contribution in [0.1, 0.15) is 17.0 Å². The van der Waals surface area contributed by atoms with Crippen LogP contribution in [0.15, 0.2) is 41.6 Å². The zero-order valence-electron chi connectivity index (χ0n) is 15.1. The Morgan fingerprint density at radius 1 is 1.04 bits per heavy atom. The Balaban J connectivity index is 1.95. The number of carbonyl (C=O) groups excluding carboxylic acids is 1. The third kappa shape index (κ3) is 2.86. The molecule has 27 heavy (non-hydrogen) atoms. The maximum absolute atomic E-state index is 12.5. The van der Waals surface area contributed by atoms with Crippen molar-refractivity contribution >= 4 is 23.3 Å². The fourth-order valence-corrected chi connectivity index (χ4v) is 3.79. The van der Waals surface area contributed by atoms with Crippen molar-refractivity contribution in [3.8, 4) is 17.2 Å². The predicted octanol–water partition coefficient (Wildman–Crippen LogP) is 3.73. The van der Waals surface area contributed by atoms with E-state index in [1.807, 2.05) is 24.3 Å². The lowest BCUT2D eigenvalue weighted by Crippen LogP contribution is -2.20. The second-order valence-electron chi connectivity index (χ2n) is 6.25. The Morgan fingerprint density at radius 2 is 1.74 bits per heavy atom. The lowest BCUT2D eigenvalue weighted by molar-refractivity contribution is -0.136. The smallest absolute Gasteiger partial charge is 0.337 e. The summed E-state index contributed by atoms with van der Waals surface area (Å²) < 4.78 is 21.4. The molecule has 0 fully saturated rings. The molecule has 2 aliphatic rings. The van der Waals surface area contributed by atoms with Gasteiger partial charge in [0.1, 0.15) is 23.9 Å². The highest BCUT2D eigenvalue weighted by Gasteiger charge is 2.39. The molecule has 0 radical (unpaired) electrons. The first-order chi connectivity index (χ1) is 13.0. The number of fused-ring (bicyclic) bond motifs is 1. The van der Waals surface area contributed by atoms with Crippen LogP contribution in [0.25, 0.3) is 0 Å². The number of benzene rings is 2. The standard InChI is InChI=1S/C20H18ClNO5/c1-24-11-4-10(5-12(6-11)25-2)18-13-7-14(21)17(26-3)8-15(13)22-16-9-27-20(23)19(16)18/h4-8,18,22H,9H2,1-3H3. The van der Waals surface area contributed by atoms with Gasteiger partial charge in [0.05, 0.1) is 37.6 Å². The van der Waals surface area contributed by atoms with E-state index in [9.17, 15) is 4.79 Å². The molecule has 0 aliphatic carbocycles. The van der Waals surface area contributed by atoms with Gasteiger partial charge < -0.3 is 24.3 Å². The van der Waals surface area contributed by atoms with E-state index in [1.54, 1.807) is 27.4 Å². The summed E-state index contributed by atoms with van der Waals surface area (Å²) in [5.41, 5.74) is 3.83. The quantitative estimate of drug-likeness (QED) is 0.806. The predicted molar refractivity (Wildman–Crippen MR) is 101 cm³/mol. The van der Waals surface area contributed by atoms with Crippen LogP contribution in [0.3, 0.4) is 0 Å². The summed E-state index contributed by atoms with van der Waals surface area (Å²) in [4.78, 5) is 12.5. The molecule has 0 bridgehead atoms. The monoisotopic (exact) mass is 387 g/mol. The number of cyclic esters (lactones) is 1. The first-order valence-electron chi connectivity index (χ1n) is 8.33. The van der Waals surface area contributed by atoms with E-state index >= 15 is 0 Å². The SMILES string of the molecule is COc1cc(OC)cc(C2C3=C(COC3=O)Nc3cc(OC)c(Cl)cc32)c1. The van der Waals surface area contributed by atoms with Crippen molar-refractivity contribution in [2.45, 2.75) is 5.92 Å². The third-order valence-electron chi connectivity index (χ3n) is 4.81. The molecule has 0 spiro atoms. The van der Waals surface area contributed by atoms with Crippen LogP contribution >= 0.6 is 11.6 Å². The van der Waals surface area contributed by atoms with E-state index in [1.165, 1.54) is 0 Å². The van der Waals surface area contributed by atoms with Gasteiger partial charge in [-0.3, -0.25) is 0 Å². The highest BCUT2D eigenvalue weighted by molar-refractivity contribution is 6.32. The third-order valence-corrected chi connectivity index (χ3v) is 5.10. The molecule has 2 heterocycles. The van der Waals surface area contributed by atoms with Gasteiger partial charge in [-0.05, 0) is 29.3 Å². The summed E-state index contributed by atoms with van der Waals surface area (Å²) in [5.74, 6) is 1.12. The molecule has 7 heteroatoms. The molecule has 2 aliphatic heterocycles. The minimum atomic E-state index is -0.362. The highest BCUT2D eigenvalue weighted by Crippen LogP contribution is 2.48. The molecule has 4 rings (SSSR count). The minimum absolute atomic E-state index is 0.205. The van der Waals surface area contributed by atoms with Crippen LogP contribution in [0.2, 0.25) is 5.02 Å². The fraction of sp³-hybridized carbons (Fsp3) is 0.250. The first-order valence-corrected chi connectivity index (χ1v) is 8.71. The number of hydrogen-bond acceptors (Lipinski definition) is 6. The zero-order valence-corrected chi connectivity index (χ0v) is 15.8. The summed E-state index contributed by atoms with van der Waals surface area (Å²) in [6.45, 7) is 0.205. The van der Waals surface area contributed by atoms with Gasteiger partial charge in [-0.2, -0.15) is 0 Å². The van der Waals surface area contributed by atoms with Gasteiger partial charge in [-0.1, -0.05) is 11.6 Å². The van der Waals surface area contributed by atoms with Crippen molar-refractivity contribution in [2.75, 3.05) is 33.3 Å². The molecule has 2 aromatic carbocycles. The van der Waals surface area contributed by atoms with E-state index in [0.717, 1.165) is 22.5 Å². The molecule has 0 saturated carbocycles. The average Bonchev–Trinajstić information content (AvgIpc) is 3.05. The van der Waals surface area contributed by atoms with Gasteiger partial charge in [0.25, 0.3) is 0 Å². The molecule has 1 N–H and O–H groups in total. The highest BCUT2D eigenvalue weighted by atomic mass is 35.5. The topological polar surface area (TPSA) is 66.0 Å². The number of carbonyl (C=O) groups is 1. The maximum atomic E-state index is 12.5. The summed E-state index contributed by atoms with van der Waals surface area (Å²) in [7, 11) is 4.74. The summed E-state index contributed by atoms with van der Waals surface area (Å²) in [6, 6.07) is 9.20. The molecule has 140 valence electrons. The number of rotatable bonds is 4. The van der Waals surface area contributed by atoms with Crippen LogP contribution in [0.4, 0.5) is 5.69 Å². The molecule has 1 atom stereocenters.